The van der Waals surface area contributed by atoms with Crippen molar-refractivity contribution in [3.8, 4) is 0 Å². The highest BCUT2D eigenvalue weighted by molar-refractivity contribution is 5.90. The van der Waals surface area contributed by atoms with Crippen LogP contribution in [0.5, 0.6) is 0 Å². The van der Waals surface area contributed by atoms with E-state index in [1.165, 1.54) is 14.2 Å². The number of esters is 2. The van der Waals surface area contributed by atoms with Gasteiger partial charge in [-0.1, -0.05) is 36.4 Å². The molecule has 0 radical (unpaired) electrons. The van der Waals surface area contributed by atoms with Crippen LogP contribution in [0.25, 0.3) is 4.85 Å². The van der Waals surface area contributed by atoms with Crippen molar-refractivity contribution in [2.75, 3.05) is 14.2 Å². The third-order valence-corrected chi connectivity index (χ3v) is 4.09. The zero-order valence-corrected chi connectivity index (χ0v) is 14.7. The summed E-state index contributed by atoms with van der Waals surface area (Å²) in [5.41, 5.74) is 8.53. The molecule has 0 atom stereocenters. The fraction of sp³-hybridized carbons (Fsp3) is 0.250. The molecule has 2 aromatic rings. The van der Waals surface area contributed by atoms with Crippen molar-refractivity contribution < 1.29 is 19.1 Å². The van der Waals surface area contributed by atoms with Gasteiger partial charge in [-0.3, -0.25) is 0 Å². The Morgan fingerprint density at radius 1 is 0.923 bits per heavy atom. The van der Waals surface area contributed by atoms with Crippen LogP contribution in [0.3, 0.4) is 0 Å². The first-order chi connectivity index (χ1) is 12.4. The van der Waals surface area contributed by atoms with Crippen LogP contribution in [0.4, 0.5) is 5.69 Å². The van der Waals surface area contributed by atoms with Gasteiger partial charge in [-0.15, -0.1) is 0 Å². The Kier molecular flexibility index (Phi) is 6.10. The number of carbonyl (C=O) groups excluding carboxylic acids is 2. The first-order valence-corrected chi connectivity index (χ1v) is 7.97. The standard InChI is InChI=1S/C11H13NO2.C9H7NO2/c1-14-10(13)8-2-4-9(5-3-8)11(12)6-7-11;1-10-8-5-3-7(4-6-8)9(11)12-2/h2-5H,6-7,12H2,1H3;3-6H,2H3. The van der Waals surface area contributed by atoms with Crippen molar-refractivity contribution in [2.45, 2.75) is 18.4 Å². The van der Waals surface area contributed by atoms with E-state index in [0.717, 1.165) is 18.4 Å². The van der Waals surface area contributed by atoms with Crippen LogP contribution in [0.1, 0.15) is 39.1 Å². The number of methoxy groups -OCH3 is 2. The molecule has 6 heteroatoms. The molecule has 1 aliphatic carbocycles. The van der Waals surface area contributed by atoms with Crippen molar-refractivity contribution in [1.29, 1.82) is 0 Å². The van der Waals surface area contributed by atoms with Crippen LogP contribution in [0, 0.1) is 6.57 Å². The molecule has 0 unspecified atom stereocenters. The summed E-state index contributed by atoms with van der Waals surface area (Å²) in [4.78, 5) is 25.2. The van der Waals surface area contributed by atoms with Gasteiger partial charge >= 0.3 is 11.9 Å². The number of nitrogens with two attached hydrogens (primary N) is 1. The molecule has 26 heavy (non-hydrogen) atoms. The van der Waals surface area contributed by atoms with E-state index in [1.54, 1.807) is 36.4 Å². The minimum Gasteiger partial charge on any atom is -0.465 e. The Bertz CT molecular complexity index is 816. The number of carbonyl (C=O) groups is 2. The summed E-state index contributed by atoms with van der Waals surface area (Å²) in [7, 11) is 2.70. The molecule has 0 saturated heterocycles. The Labute approximate surface area is 152 Å². The van der Waals surface area contributed by atoms with Crippen molar-refractivity contribution in [2.24, 2.45) is 5.73 Å². The van der Waals surface area contributed by atoms with E-state index in [-0.39, 0.29) is 17.5 Å². The predicted molar refractivity (Wildman–Crippen MR) is 96.9 cm³/mol. The normalized spacial score (nSPS) is 13.5. The number of ether oxygens (including phenoxy) is 2. The van der Waals surface area contributed by atoms with Gasteiger partial charge in [-0.25, -0.2) is 14.4 Å². The summed E-state index contributed by atoms with van der Waals surface area (Å²) in [6, 6.07) is 13.6. The van der Waals surface area contributed by atoms with Gasteiger partial charge in [0.15, 0.2) is 5.69 Å². The molecule has 0 aliphatic heterocycles. The Hall–Kier alpha value is -3.17. The lowest BCUT2D eigenvalue weighted by molar-refractivity contribution is 0.0592. The molecule has 0 amide bonds. The van der Waals surface area contributed by atoms with Gasteiger partial charge in [-0.2, -0.15) is 0 Å². The van der Waals surface area contributed by atoms with Crippen molar-refractivity contribution in [1.82, 2.24) is 0 Å². The summed E-state index contributed by atoms with van der Waals surface area (Å²) >= 11 is 0. The molecular weight excluding hydrogens is 332 g/mol. The van der Waals surface area contributed by atoms with Gasteiger partial charge in [0.1, 0.15) is 0 Å². The first-order valence-electron chi connectivity index (χ1n) is 7.97. The second kappa shape index (κ2) is 8.28. The maximum atomic E-state index is 11.1. The van der Waals surface area contributed by atoms with Crippen molar-refractivity contribution >= 4 is 17.6 Å². The number of hydrogen-bond acceptors (Lipinski definition) is 5. The lowest BCUT2D eigenvalue weighted by Gasteiger charge is -2.08. The molecule has 1 fully saturated rings. The molecule has 1 aliphatic rings. The van der Waals surface area contributed by atoms with Crippen LogP contribution in [0.2, 0.25) is 0 Å². The minimum atomic E-state index is -0.383. The van der Waals surface area contributed by atoms with E-state index in [0.29, 0.717) is 16.8 Å². The van der Waals surface area contributed by atoms with Gasteiger partial charge < -0.3 is 15.2 Å². The molecule has 0 aromatic heterocycles. The van der Waals surface area contributed by atoms with Crippen molar-refractivity contribution in [3.05, 3.63) is 76.6 Å². The molecule has 134 valence electrons. The lowest BCUT2D eigenvalue weighted by atomic mass is 10.0. The van der Waals surface area contributed by atoms with Crippen LogP contribution in [-0.2, 0) is 15.0 Å². The maximum absolute atomic E-state index is 11.1. The Balaban J connectivity index is 0.000000190. The fourth-order valence-electron chi connectivity index (χ4n) is 2.27. The summed E-state index contributed by atoms with van der Waals surface area (Å²) in [5, 5.41) is 0. The molecular formula is C20H20N2O4. The topological polar surface area (TPSA) is 83.0 Å². The third kappa shape index (κ3) is 4.68. The van der Waals surface area contributed by atoms with Gasteiger partial charge in [0.25, 0.3) is 0 Å². The molecule has 0 heterocycles. The molecule has 0 bridgehead atoms. The quantitative estimate of drug-likeness (QED) is 0.676. The SMILES string of the molecule is COC(=O)c1ccc(C2(N)CC2)cc1.[C-]#[N+]c1ccc(C(=O)OC)cc1. The van der Waals surface area contributed by atoms with E-state index >= 15 is 0 Å². The predicted octanol–water partition coefficient (Wildman–Crippen LogP) is 3.44. The zero-order valence-electron chi connectivity index (χ0n) is 14.7. The second-order valence-corrected chi connectivity index (χ2v) is 5.88. The van der Waals surface area contributed by atoms with Crippen LogP contribution >= 0.6 is 0 Å². The highest BCUT2D eigenvalue weighted by Gasteiger charge is 2.39. The van der Waals surface area contributed by atoms with E-state index in [2.05, 4.69) is 14.3 Å². The third-order valence-electron chi connectivity index (χ3n) is 4.09. The highest BCUT2D eigenvalue weighted by atomic mass is 16.5. The summed E-state index contributed by atoms with van der Waals surface area (Å²) in [6.45, 7) is 6.68. The van der Waals surface area contributed by atoms with Gasteiger partial charge in [-0.05, 0) is 30.5 Å². The van der Waals surface area contributed by atoms with E-state index in [4.69, 9.17) is 12.3 Å². The zero-order chi connectivity index (χ0) is 19.2. The van der Waals surface area contributed by atoms with E-state index in [9.17, 15) is 9.59 Å². The minimum absolute atomic E-state index is 0.130. The molecule has 2 N–H and O–H groups in total. The van der Waals surface area contributed by atoms with Crippen LogP contribution in [-0.4, -0.2) is 26.2 Å². The Morgan fingerprint density at radius 2 is 1.35 bits per heavy atom. The maximum Gasteiger partial charge on any atom is 0.337 e. The average molecular weight is 352 g/mol. The summed E-state index contributed by atoms with van der Waals surface area (Å²) in [5.74, 6) is -0.690. The van der Waals surface area contributed by atoms with E-state index < -0.39 is 0 Å². The Morgan fingerprint density at radius 3 is 1.69 bits per heavy atom. The van der Waals surface area contributed by atoms with E-state index in [1.807, 2.05) is 12.1 Å². The summed E-state index contributed by atoms with van der Waals surface area (Å²) in [6.07, 6.45) is 2.06. The lowest BCUT2D eigenvalue weighted by Crippen LogP contribution is -2.18. The monoisotopic (exact) mass is 352 g/mol. The fourth-order valence-corrected chi connectivity index (χ4v) is 2.27. The van der Waals surface area contributed by atoms with Gasteiger partial charge in [0.05, 0.1) is 31.9 Å². The molecule has 1 saturated carbocycles. The molecule has 2 aromatic carbocycles. The van der Waals surface area contributed by atoms with Crippen molar-refractivity contribution in [3.63, 3.8) is 0 Å². The number of nitrogens with zero attached hydrogens (tertiary/aromatic N) is 1. The number of hydrogen-bond donors (Lipinski definition) is 1. The highest BCUT2D eigenvalue weighted by Crippen LogP contribution is 2.42. The first kappa shape index (κ1) is 19.2. The smallest absolute Gasteiger partial charge is 0.337 e. The molecule has 3 rings (SSSR count). The number of benzene rings is 2. The summed E-state index contributed by atoms with van der Waals surface area (Å²) < 4.78 is 9.10. The number of rotatable bonds is 3. The van der Waals surface area contributed by atoms with Crippen LogP contribution < -0.4 is 5.73 Å². The molecule has 6 nitrogen and oxygen atoms in total. The van der Waals surface area contributed by atoms with Crippen LogP contribution in [0.15, 0.2) is 48.5 Å². The van der Waals surface area contributed by atoms with Gasteiger partial charge in [0.2, 0.25) is 0 Å². The molecule has 0 spiro atoms. The second-order valence-electron chi connectivity index (χ2n) is 5.88. The van der Waals surface area contributed by atoms with Gasteiger partial charge in [0, 0.05) is 5.54 Å². The average Bonchev–Trinajstić information content (AvgIpc) is 3.46. The largest absolute Gasteiger partial charge is 0.465 e.